The van der Waals surface area contributed by atoms with E-state index in [-0.39, 0.29) is 12.1 Å². The molecule has 3 fully saturated rings. The van der Waals surface area contributed by atoms with E-state index in [1.54, 1.807) is 11.0 Å². The average Bonchev–Trinajstić information content (AvgIpc) is 2.47. The van der Waals surface area contributed by atoms with Crippen molar-refractivity contribution < 1.29 is 14.4 Å². The van der Waals surface area contributed by atoms with Crippen LogP contribution in [-0.2, 0) is 9.53 Å². The SMILES string of the molecule is O=C(/C=C/c1ccccc1)OC1C[NH+]2CCC1CC2. The Balaban J connectivity index is 1.55. The van der Waals surface area contributed by atoms with Gasteiger partial charge in [0.2, 0.25) is 0 Å². The number of hydrogen-bond donors (Lipinski definition) is 1. The second-order valence-corrected chi connectivity index (χ2v) is 5.51. The van der Waals surface area contributed by atoms with Crippen molar-refractivity contribution in [1.82, 2.24) is 0 Å². The maximum absolute atomic E-state index is 11.8. The van der Waals surface area contributed by atoms with E-state index in [4.69, 9.17) is 4.74 Å². The van der Waals surface area contributed by atoms with E-state index < -0.39 is 0 Å². The lowest BCUT2D eigenvalue weighted by molar-refractivity contribution is -0.920. The van der Waals surface area contributed by atoms with E-state index >= 15 is 0 Å². The number of quaternary nitrogens is 1. The Kier molecular flexibility index (Phi) is 3.65. The Morgan fingerprint density at radius 1 is 1.21 bits per heavy atom. The molecule has 0 spiro atoms. The summed E-state index contributed by atoms with van der Waals surface area (Å²) in [6.45, 7) is 3.49. The van der Waals surface area contributed by atoms with Crippen LogP contribution in [0.25, 0.3) is 6.08 Å². The Labute approximate surface area is 113 Å². The lowest BCUT2D eigenvalue weighted by Gasteiger charge is -2.40. The molecule has 0 aliphatic carbocycles. The number of carbonyl (C=O) groups is 1. The van der Waals surface area contributed by atoms with Crippen molar-refractivity contribution in [3.05, 3.63) is 42.0 Å². The molecule has 1 atom stereocenters. The van der Waals surface area contributed by atoms with Crippen LogP contribution in [0.1, 0.15) is 18.4 Å². The zero-order valence-corrected chi connectivity index (χ0v) is 11.0. The van der Waals surface area contributed by atoms with Gasteiger partial charge in [0, 0.05) is 24.8 Å². The Morgan fingerprint density at radius 2 is 1.95 bits per heavy atom. The number of benzene rings is 1. The minimum absolute atomic E-state index is 0.130. The van der Waals surface area contributed by atoms with Crippen LogP contribution in [0.3, 0.4) is 0 Å². The summed E-state index contributed by atoms with van der Waals surface area (Å²) in [5.41, 5.74) is 1.03. The van der Waals surface area contributed by atoms with Crippen LogP contribution in [0.4, 0.5) is 0 Å². The molecule has 3 saturated heterocycles. The van der Waals surface area contributed by atoms with Crippen molar-refractivity contribution >= 4 is 12.0 Å². The molecule has 0 aromatic heterocycles. The molecule has 2 bridgehead atoms. The van der Waals surface area contributed by atoms with Crippen molar-refractivity contribution in [2.45, 2.75) is 18.9 Å². The molecule has 19 heavy (non-hydrogen) atoms. The van der Waals surface area contributed by atoms with Gasteiger partial charge < -0.3 is 9.64 Å². The first-order valence-corrected chi connectivity index (χ1v) is 7.08. The molecule has 0 radical (unpaired) electrons. The van der Waals surface area contributed by atoms with Gasteiger partial charge in [0.25, 0.3) is 0 Å². The van der Waals surface area contributed by atoms with Gasteiger partial charge in [-0.3, -0.25) is 0 Å². The molecule has 3 heteroatoms. The van der Waals surface area contributed by atoms with E-state index in [1.165, 1.54) is 25.9 Å². The van der Waals surface area contributed by atoms with Gasteiger partial charge in [-0.25, -0.2) is 4.79 Å². The molecule has 1 N–H and O–H groups in total. The van der Waals surface area contributed by atoms with Gasteiger partial charge in [-0.2, -0.15) is 0 Å². The van der Waals surface area contributed by atoms with E-state index in [0.717, 1.165) is 12.1 Å². The van der Waals surface area contributed by atoms with Crippen molar-refractivity contribution in [2.75, 3.05) is 19.6 Å². The molecule has 3 heterocycles. The summed E-state index contributed by atoms with van der Waals surface area (Å²) in [5, 5.41) is 0. The molecular weight excluding hydrogens is 238 g/mol. The summed E-state index contributed by atoms with van der Waals surface area (Å²) in [4.78, 5) is 13.4. The molecule has 3 nitrogen and oxygen atoms in total. The Morgan fingerprint density at radius 3 is 2.58 bits per heavy atom. The first-order valence-electron chi connectivity index (χ1n) is 7.08. The molecule has 100 valence electrons. The van der Waals surface area contributed by atoms with Crippen LogP contribution in [0.15, 0.2) is 36.4 Å². The predicted molar refractivity (Wildman–Crippen MR) is 73.6 cm³/mol. The highest BCUT2D eigenvalue weighted by atomic mass is 16.5. The highest BCUT2D eigenvalue weighted by Crippen LogP contribution is 2.21. The van der Waals surface area contributed by atoms with Gasteiger partial charge in [-0.15, -0.1) is 0 Å². The number of fused-ring (bicyclic) bond motifs is 3. The van der Waals surface area contributed by atoms with Crippen molar-refractivity contribution in [1.29, 1.82) is 0 Å². The largest absolute Gasteiger partial charge is 0.453 e. The van der Waals surface area contributed by atoms with Crippen LogP contribution in [0.5, 0.6) is 0 Å². The summed E-state index contributed by atoms with van der Waals surface area (Å²) < 4.78 is 5.60. The molecule has 0 saturated carbocycles. The highest BCUT2D eigenvalue weighted by molar-refractivity contribution is 5.87. The van der Waals surface area contributed by atoms with E-state index in [1.807, 2.05) is 36.4 Å². The van der Waals surface area contributed by atoms with Crippen LogP contribution < -0.4 is 4.90 Å². The maximum atomic E-state index is 11.8. The molecule has 3 aliphatic heterocycles. The first kappa shape index (κ1) is 12.4. The van der Waals surface area contributed by atoms with Gasteiger partial charge in [0.05, 0.1) is 13.1 Å². The Bertz CT molecular complexity index is 461. The number of hydrogen-bond acceptors (Lipinski definition) is 2. The fraction of sp³-hybridized carbons (Fsp3) is 0.438. The molecule has 4 rings (SSSR count). The predicted octanol–water partition coefficient (Wildman–Crippen LogP) is 0.920. The molecule has 0 amide bonds. The smallest absolute Gasteiger partial charge is 0.331 e. The van der Waals surface area contributed by atoms with Crippen LogP contribution in [0.2, 0.25) is 0 Å². The first-order chi connectivity index (χ1) is 9.31. The average molecular weight is 258 g/mol. The lowest BCUT2D eigenvalue weighted by Crippen LogP contribution is -3.16. The quantitative estimate of drug-likeness (QED) is 0.645. The third-order valence-electron chi connectivity index (χ3n) is 4.23. The number of piperidine rings is 3. The number of carbonyl (C=O) groups excluding carboxylic acids is 1. The van der Waals surface area contributed by atoms with Gasteiger partial charge in [0.1, 0.15) is 6.54 Å². The molecule has 1 aromatic carbocycles. The van der Waals surface area contributed by atoms with Crippen LogP contribution in [-0.4, -0.2) is 31.7 Å². The molecule has 1 aromatic rings. The van der Waals surface area contributed by atoms with E-state index in [9.17, 15) is 4.79 Å². The minimum atomic E-state index is -0.206. The summed E-state index contributed by atoms with van der Waals surface area (Å²) >= 11 is 0. The third kappa shape index (κ3) is 3.04. The zero-order valence-electron chi connectivity index (χ0n) is 11.0. The van der Waals surface area contributed by atoms with Gasteiger partial charge in [0.15, 0.2) is 6.10 Å². The fourth-order valence-corrected chi connectivity index (χ4v) is 3.13. The van der Waals surface area contributed by atoms with Crippen LogP contribution >= 0.6 is 0 Å². The van der Waals surface area contributed by atoms with Gasteiger partial charge in [-0.05, 0) is 11.6 Å². The summed E-state index contributed by atoms with van der Waals surface area (Å²) in [6, 6.07) is 9.83. The van der Waals surface area contributed by atoms with Crippen LogP contribution in [0, 0.1) is 5.92 Å². The van der Waals surface area contributed by atoms with Crippen molar-refractivity contribution in [2.24, 2.45) is 5.92 Å². The molecule has 1 unspecified atom stereocenters. The highest BCUT2D eigenvalue weighted by Gasteiger charge is 2.39. The van der Waals surface area contributed by atoms with E-state index in [0.29, 0.717) is 5.92 Å². The molecular formula is C16H20NO2+. The Hall–Kier alpha value is -1.61. The topological polar surface area (TPSA) is 30.7 Å². The number of nitrogens with one attached hydrogen (secondary N) is 1. The normalized spacial score (nSPS) is 29.6. The van der Waals surface area contributed by atoms with Gasteiger partial charge >= 0.3 is 5.97 Å². The van der Waals surface area contributed by atoms with Gasteiger partial charge in [-0.1, -0.05) is 30.3 Å². The van der Waals surface area contributed by atoms with E-state index in [2.05, 4.69) is 0 Å². The summed E-state index contributed by atoms with van der Waals surface area (Å²) in [7, 11) is 0. The second kappa shape index (κ2) is 5.57. The number of esters is 1. The fourth-order valence-electron chi connectivity index (χ4n) is 3.13. The molecule has 3 aliphatic rings. The number of rotatable bonds is 3. The van der Waals surface area contributed by atoms with Crippen molar-refractivity contribution in [3.8, 4) is 0 Å². The lowest BCUT2D eigenvalue weighted by atomic mass is 9.86. The monoisotopic (exact) mass is 258 g/mol. The zero-order chi connectivity index (χ0) is 13.1. The summed E-state index contributed by atoms with van der Waals surface area (Å²) in [5.74, 6) is 0.383. The maximum Gasteiger partial charge on any atom is 0.331 e. The summed E-state index contributed by atoms with van der Waals surface area (Å²) in [6.07, 6.45) is 5.90. The third-order valence-corrected chi connectivity index (χ3v) is 4.23. The second-order valence-electron chi connectivity index (χ2n) is 5.51. The van der Waals surface area contributed by atoms with Crippen molar-refractivity contribution in [3.63, 3.8) is 0 Å². The minimum Gasteiger partial charge on any atom is -0.453 e. The standard InChI is InChI=1S/C16H19NO2/c18-16(7-6-13-4-2-1-3-5-13)19-15-12-17-10-8-14(15)9-11-17/h1-7,14-15H,8-12H2/p+1/b7-6+. The number of ether oxygens (including phenoxy) is 1.